The van der Waals surface area contributed by atoms with Crippen LogP contribution in [-0.2, 0) is 0 Å². The van der Waals surface area contributed by atoms with Gasteiger partial charge in [-0.1, -0.05) is 134 Å². The molecule has 1 atom stereocenters. The van der Waals surface area contributed by atoms with Crippen molar-refractivity contribution in [2.24, 2.45) is 0 Å². The van der Waals surface area contributed by atoms with E-state index in [1.165, 1.54) is 11.1 Å². The van der Waals surface area contributed by atoms with Crippen LogP contribution in [-0.4, -0.2) is 24.9 Å². The molecule has 0 aliphatic heterocycles. The number of hydrogen-bond acceptors (Lipinski definition) is 5. The molecule has 3 aromatic heterocycles. The summed E-state index contributed by atoms with van der Waals surface area (Å²) in [7, 11) is 0. The number of hydrogen-bond donors (Lipinski definition) is 0. The first-order valence-electron chi connectivity index (χ1n) is 17.5. The highest BCUT2D eigenvalue weighted by atomic mass is 15.0. The van der Waals surface area contributed by atoms with Crippen LogP contribution >= 0.6 is 0 Å². The average molecular weight is 660 g/mol. The number of nitrogens with zero attached hydrogens (tertiary/aromatic N) is 5. The second-order valence-corrected chi connectivity index (χ2v) is 12.9. The molecule has 0 spiro atoms. The van der Waals surface area contributed by atoms with Crippen LogP contribution in [0.5, 0.6) is 0 Å². The molecule has 5 nitrogen and oxygen atoms in total. The van der Waals surface area contributed by atoms with E-state index in [0.29, 0.717) is 17.6 Å². The lowest BCUT2D eigenvalue weighted by Crippen LogP contribution is -2.08. The van der Waals surface area contributed by atoms with Gasteiger partial charge in [0.2, 0.25) is 0 Å². The van der Waals surface area contributed by atoms with Crippen LogP contribution in [0.25, 0.3) is 62.0 Å². The van der Waals surface area contributed by atoms with Crippen LogP contribution in [0.3, 0.4) is 0 Å². The third kappa shape index (κ3) is 6.66. The van der Waals surface area contributed by atoms with Crippen molar-refractivity contribution in [2.75, 3.05) is 0 Å². The summed E-state index contributed by atoms with van der Waals surface area (Å²) in [5, 5.41) is 1.12. The minimum absolute atomic E-state index is 0.500. The first-order valence-corrected chi connectivity index (χ1v) is 17.5. The summed E-state index contributed by atoms with van der Waals surface area (Å²) in [6, 6.07) is 41.9. The van der Waals surface area contributed by atoms with Crippen molar-refractivity contribution in [1.29, 1.82) is 0 Å². The van der Waals surface area contributed by atoms with Gasteiger partial charge in [0, 0.05) is 45.6 Å². The number of allylic oxidation sites excluding steroid dienone is 3. The fourth-order valence-electron chi connectivity index (χ4n) is 6.92. The average Bonchev–Trinajstić information content (AvgIpc) is 3.21. The Labute approximate surface area is 298 Å². The lowest BCUT2D eigenvalue weighted by atomic mass is 9.84. The molecule has 1 aliphatic rings. The van der Waals surface area contributed by atoms with Gasteiger partial charge in [-0.05, 0) is 66.5 Å². The normalized spacial score (nSPS) is 14.5. The van der Waals surface area contributed by atoms with E-state index in [1.54, 1.807) is 0 Å². The molecule has 51 heavy (non-hydrogen) atoms. The number of aromatic nitrogens is 5. The maximum absolute atomic E-state index is 5.08. The Balaban J connectivity index is 1.15. The summed E-state index contributed by atoms with van der Waals surface area (Å²) in [5.41, 5.74) is 11.4. The smallest absolute Gasteiger partial charge is 0.164 e. The van der Waals surface area contributed by atoms with Gasteiger partial charge in [0.1, 0.15) is 0 Å². The summed E-state index contributed by atoms with van der Waals surface area (Å²) >= 11 is 0. The summed E-state index contributed by atoms with van der Waals surface area (Å²) in [6.45, 7) is 6.40. The zero-order valence-corrected chi connectivity index (χ0v) is 28.6. The molecule has 5 heteroatoms. The first-order chi connectivity index (χ1) is 25.1. The van der Waals surface area contributed by atoms with E-state index in [4.69, 9.17) is 15.0 Å². The van der Waals surface area contributed by atoms with Gasteiger partial charge in [-0.15, -0.1) is 0 Å². The lowest BCUT2D eigenvalue weighted by molar-refractivity contribution is 0.623. The first kappa shape index (κ1) is 31.9. The highest BCUT2D eigenvalue weighted by Crippen LogP contribution is 2.36. The Morgan fingerprint density at radius 1 is 0.667 bits per heavy atom. The molecular formula is C46H37N5. The second kappa shape index (κ2) is 14.3. The van der Waals surface area contributed by atoms with Gasteiger partial charge in [0.05, 0.1) is 11.2 Å². The zero-order chi connectivity index (χ0) is 34.6. The predicted octanol–water partition coefficient (Wildman–Crippen LogP) is 11.3. The molecule has 0 radical (unpaired) electrons. The molecule has 0 amide bonds. The highest BCUT2D eigenvalue weighted by Gasteiger charge is 2.21. The minimum Gasteiger partial charge on any atom is -0.256 e. The predicted molar refractivity (Wildman–Crippen MR) is 210 cm³/mol. The Morgan fingerprint density at radius 3 is 2.06 bits per heavy atom. The molecule has 0 bridgehead atoms. The maximum atomic E-state index is 5.08. The van der Waals surface area contributed by atoms with Crippen LogP contribution in [0.4, 0.5) is 0 Å². The van der Waals surface area contributed by atoms with Crippen molar-refractivity contribution in [3.05, 3.63) is 181 Å². The fourth-order valence-corrected chi connectivity index (χ4v) is 6.92. The molecule has 4 aromatic carbocycles. The van der Waals surface area contributed by atoms with Gasteiger partial charge in [-0.2, -0.15) is 0 Å². The third-order valence-electron chi connectivity index (χ3n) is 9.65. The zero-order valence-electron chi connectivity index (χ0n) is 28.6. The molecule has 8 rings (SSSR count). The summed E-state index contributed by atoms with van der Waals surface area (Å²) in [4.78, 5) is 24.5. The summed E-state index contributed by atoms with van der Waals surface area (Å²) < 4.78 is 0. The number of rotatable bonds is 8. The van der Waals surface area contributed by atoms with Crippen molar-refractivity contribution >= 4 is 28.1 Å². The summed E-state index contributed by atoms with van der Waals surface area (Å²) in [5.74, 6) is 2.54. The van der Waals surface area contributed by atoms with Crippen LogP contribution in [0.2, 0.25) is 0 Å². The fraction of sp³-hybridized carbons (Fsp3) is 0.109. The van der Waals surface area contributed by atoms with E-state index < -0.39 is 0 Å². The Bertz CT molecular complexity index is 2400. The Hall–Kier alpha value is -6.33. The number of fused-ring (bicyclic) bond motifs is 1. The molecule has 246 valence electrons. The van der Waals surface area contributed by atoms with Gasteiger partial charge in [0.25, 0.3) is 0 Å². The molecule has 0 saturated heterocycles. The minimum atomic E-state index is 0.500. The van der Waals surface area contributed by atoms with Crippen molar-refractivity contribution < 1.29 is 0 Å². The largest absolute Gasteiger partial charge is 0.256 e. The molecule has 3 heterocycles. The standard InChI is InChI=1S/C46H37N5/c1-3-10-36-14-8-29-47-42(36)31(2)32-17-23-38(24-18-32)44-49-45(39-25-19-34(20-26-39)33-11-5-4-6-12-33)51-46(50-44)40-27-21-35(22-28-40)41-16-7-13-37-15-9-30-48-43(37)41/h3-18,21-25,27-30,34H,2,19-20,26H2,1H3/b10-3-. The molecule has 0 saturated carbocycles. The van der Waals surface area contributed by atoms with Gasteiger partial charge in [-0.3, -0.25) is 9.97 Å². The Morgan fingerprint density at radius 2 is 1.33 bits per heavy atom. The van der Waals surface area contributed by atoms with E-state index in [0.717, 1.165) is 80.6 Å². The van der Waals surface area contributed by atoms with Gasteiger partial charge in [-0.25, -0.2) is 15.0 Å². The maximum Gasteiger partial charge on any atom is 0.164 e. The second-order valence-electron chi connectivity index (χ2n) is 12.9. The molecule has 1 unspecified atom stereocenters. The molecule has 0 fully saturated rings. The van der Waals surface area contributed by atoms with Crippen molar-refractivity contribution in [3.8, 4) is 33.9 Å². The number of para-hydroxylation sites is 1. The third-order valence-corrected chi connectivity index (χ3v) is 9.65. The highest BCUT2D eigenvalue weighted by molar-refractivity contribution is 5.93. The SMILES string of the molecule is C=C(c1ccc(-c2nc(C3=CCC(c4ccccc4)CC3)nc(-c3ccc(-c4cccc5cccnc45)cc3)n2)cc1)c1ncccc1/C=C\C. The quantitative estimate of drug-likeness (QED) is 0.162. The topological polar surface area (TPSA) is 64.5 Å². The van der Waals surface area contributed by atoms with E-state index >= 15 is 0 Å². The van der Waals surface area contributed by atoms with Gasteiger partial charge < -0.3 is 0 Å². The van der Waals surface area contributed by atoms with Gasteiger partial charge in [0.15, 0.2) is 17.5 Å². The van der Waals surface area contributed by atoms with E-state index in [2.05, 4.69) is 138 Å². The molecule has 7 aromatic rings. The molecular weight excluding hydrogens is 623 g/mol. The summed E-state index contributed by atoms with van der Waals surface area (Å²) in [6.07, 6.45) is 13.0. The monoisotopic (exact) mass is 659 g/mol. The van der Waals surface area contributed by atoms with Crippen LogP contribution in [0.15, 0.2) is 152 Å². The van der Waals surface area contributed by atoms with Crippen molar-refractivity contribution in [1.82, 2.24) is 24.9 Å². The van der Waals surface area contributed by atoms with Gasteiger partial charge >= 0.3 is 0 Å². The lowest BCUT2D eigenvalue weighted by Gasteiger charge is -2.22. The van der Waals surface area contributed by atoms with E-state index in [9.17, 15) is 0 Å². The number of benzene rings is 4. The van der Waals surface area contributed by atoms with Crippen LogP contribution in [0, 0.1) is 0 Å². The van der Waals surface area contributed by atoms with Crippen molar-refractivity contribution in [3.63, 3.8) is 0 Å². The van der Waals surface area contributed by atoms with Crippen LogP contribution < -0.4 is 0 Å². The van der Waals surface area contributed by atoms with E-state index in [-0.39, 0.29) is 0 Å². The van der Waals surface area contributed by atoms with Crippen molar-refractivity contribution in [2.45, 2.75) is 32.1 Å². The Kier molecular flexibility index (Phi) is 8.92. The molecule has 1 aliphatic carbocycles. The van der Waals surface area contributed by atoms with Crippen LogP contribution in [0.1, 0.15) is 60.3 Å². The molecule has 0 N–H and O–H groups in total. The number of pyridine rings is 2. The van der Waals surface area contributed by atoms with E-state index in [1.807, 2.05) is 37.5 Å².